The maximum atomic E-state index is 5.63. The molecule has 1 atom stereocenters. The molecule has 13 heavy (non-hydrogen) atoms. The Balaban J connectivity index is 1.89. The average Bonchev–Trinajstić information content (AvgIpc) is 2.83. The van der Waals surface area contributed by atoms with Crippen molar-refractivity contribution in [2.75, 3.05) is 0 Å². The molecule has 4 heteroatoms. The summed E-state index contributed by atoms with van der Waals surface area (Å²) in [4.78, 5) is 4.31. The van der Waals surface area contributed by atoms with Gasteiger partial charge in [0.25, 0.3) is 0 Å². The van der Waals surface area contributed by atoms with Gasteiger partial charge in [-0.3, -0.25) is 0 Å². The number of aromatic nitrogens is 2. The van der Waals surface area contributed by atoms with Crippen LogP contribution in [0.1, 0.15) is 43.8 Å². The molecule has 1 heterocycles. The van der Waals surface area contributed by atoms with Crippen LogP contribution in [0.15, 0.2) is 4.52 Å². The van der Waals surface area contributed by atoms with E-state index in [2.05, 4.69) is 10.1 Å². The molecule has 1 unspecified atom stereocenters. The Hall–Kier alpha value is -0.900. The predicted molar refractivity (Wildman–Crippen MR) is 48.2 cm³/mol. The van der Waals surface area contributed by atoms with Crippen molar-refractivity contribution in [2.24, 2.45) is 5.73 Å². The van der Waals surface area contributed by atoms with E-state index in [1.54, 1.807) is 0 Å². The van der Waals surface area contributed by atoms with Crippen LogP contribution in [-0.2, 0) is 6.42 Å². The Morgan fingerprint density at radius 3 is 3.00 bits per heavy atom. The maximum absolute atomic E-state index is 5.63. The van der Waals surface area contributed by atoms with Gasteiger partial charge >= 0.3 is 0 Å². The fourth-order valence-electron chi connectivity index (χ4n) is 1.23. The number of aryl methyl sites for hydroxylation is 1. The Bertz CT molecular complexity index is 278. The van der Waals surface area contributed by atoms with Gasteiger partial charge in [0.05, 0.1) is 0 Å². The summed E-state index contributed by atoms with van der Waals surface area (Å²) in [6.07, 6.45) is 4.14. The Morgan fingerprint density at radius 2 is 2.38 bits per heavy atom. The number of hydrogen-bond donors (Lipinski definition) is 1. The summed E-state index contributed by atoms with van der Waals surface area (Å²) in [5.74, 6) is 2.20. The number of hydrogen-bond acceptors (Lipinski definition) is 4. The first-order valence-corrected chi connectivity index (χ1v) is 4.84. The predicted octanol–water partition coefficient (Wildman–Crippen LogP) is 1.23. The van der Waals surface area contributed by atoms with Crippen molar-refractivity contribution in [2.45, 2.75) is 44.6 Å². The smallest absolute Gasteiger partial charge is 0.226 e. The topological polar surface area (TPSA) is 64.9 Å². The van der Waals surface area contributed by atoms with Crippen LogP contribution in [0.2, 0.25) is 0 Å². The van der Waals surface area contributed by atoms with Crippen LogP contribution in [0.25, 0.3) is 0 Å². The van der Waals surface area contributed by atoms with Crippen LogP contribution >= 0.6 is 0 Å². The second-order valence-corrected chi connectivity index (χ2v) is 3.84. The molecule has 1 saturated carbocycles. The molecule has 0 spiro atoms. The summed E-state index contributed by atoms with van der Waals surface area (Å²) in [6.45, 7) is 1.98. The van der Waals surface area contributed by atoms with Gasteiger partial charge < -0.3 is 10.3 Å². The summed E-state index contributed by atoms with van der Waals surface area (Å²) in [7, 11) is 0. The first kappa shape index (κ1) is 8.69. The van der Waals surface area contributed by atoms with E-state index in [1.807, 2.05) is 6.92 Å². The van der Waals surface area contributed by atoms with Gasteiger partial charge in [-0.1, -0.05) is 5.16 Å². The first-order chi connectivity index (χ1) is 6.25. The van der Waals surface area contributed by atoms with Crippen molar-refractivity contribution in [3.05, 3.63) is 11.7 Å². The SMILES string of the molecule is CC(N)CCc1nc(C2CC2)no1. The number of nitrogens with two attached hydrogens (primary N) is 1. The van der Waals surface area contributed by atoms with E-state index in [-0.39, 0.29) is 6.04 Å². The van der Waals surface area contributed by atoms with Crippen molar-refractivity contribution < 1.29 is 4.52 Å². The molecule has 1 aliphatic rings. The highest BCUT2D eigenvalue weighted by Crippen LogP contribution is 2.38. The highest BCUT2D eigenvalue weighted by atomic mass is 16.5. The molecule has 2 rings (SSSR count). The van der Waals surface area contributed by atoms with E-state index < -0.39 is 0 Å². The van der Waals surface area contributed by atoms with Gasteiger partial charge in [0.15, 0.2) is 5.82 Å². The van der Waals surface area contributed by atoms with Crippen molar-refractivity contribution in [3.63, 3.8) is 0 Å². The fraction of sp³-hybridized carbons (Fsp3) is 0.778. The molecule has 1 aromatic heterocycles. The summed E-state index contributed by atoms with van der Waals surface area (Å²) in [5.41, 5.74) is 5.63. The van der Waals surface area contributed by atoms with E-state index in [4.69, 9.17) is 10.3 Å². The van der Waals surface area contributed by atoms with Crippen LogP contribution in [0.3, 0.4) is 0 Å². The lowest BCUT2D eigenvalue weighted by atomic mass is 10.2. The molecule has 1 aliphatic carbocycles. The van der Waals surface area contributed by atoms with Gasteiger partial charge in [0.1, 0.15) is 0 Å². The zero-order chi connectivity index (χ0) is 9.26. The third kappa shape index (κ3) is 2.28. The molecule has 1 aromatic rings. The standard InChI is InChI=1S/C9H15N3O/c1-6(10)2-5-8-11-9(12-13-8)7-3-4-7/h6-7H,2-5,10H2,1H3. The number of rotatable bonds is 4. The van der Waals surface area contributed by atoms with E-state index in [0.29, 0.717) is 5.92 Å². The van der Waals surface area contributed by atoms with Gasteiger partial charge in [0, 0.05) is 18.4 Å². The van der Waals surface area contributed by atoms with Gasteiger partial charge in [0.2, 0.25) is 5.89 Å². The molecular weight excluding hydrogens is 166 g/mol. The molecule has 0 aliphatic heterocycles. The largest absolute Gasteiger partial charge is 0.339 e. The van der Waals surface area contributed by atoms with Crippen molar-refractivity contribution in [1.29, 1.82) is 0 Å². The van der Waals surface area contributed by atoms with Crippen LogP contribution in [0, 0.1) is 0 Å². The van der Waals surface area contributed by atoms with Gasteiger partial charge in [-0.15, -0.1) is 0 Å². The first-order valence-electron chi connectivity index (χ1n) is 4.84. The minimum atomic E-state index is 0.205. The quantitative estimate of drug-likeness (QED) is 0.758. The monoisotopic (exact) mass is 181 g/mol. The highest BCUT2D eigenvalue weighted by Gasteiger charge is 2.28. The van der Waals surface area contributed by atoms with Crippen LogP contribution in [0.5, 0.6) is 0 Å². The maximum Gasteiger partial charge on any atom is 0.226 e. The summed E-state index contributed by atoms with van der Waals surface area (Å²) < 4.78 is 5.10. The third-order valence-corrected chi connectivity index (χ3v) is 2.24. The summed E-state index contributed by atoms with van der Waals surface area (Å²) in [5, 5.41) is 3.93. The van der Waals surface area contributed by atoms with Gasteiger partial charge in [-0.2, -0.15) is 4.98 Å². The Labute approximate surface area is 77.5 Å². The lowest BCUT2D eigenvalue weighted by Gasteiger charge is -1.99. The molecule has 0 radical (unpaired) electrons. The number of nitrogens with zero attached hydrogens (tertiary/aromatic N) is 2. The van der Waals surface area contributed by atoms with Crippen molar-refractivity contribution in [1.82, 2.24) is 10.1 Å². The van der Waals surface area contributed by atoms with Crippen molar-refractivity contribution in [3.8, 4) is 0 Å². The van der Waals surface area contributed by atoms with E-state index in [0.717, 1.165) is 24.6 Å². The lowest BCUT2D eigenvalue weighted by Crippen LogP contribution is -2.15. The highest BCUT2D eigenvalue weighted by molar-refractivity contribution is 5.03. The van der Waals surface area contributed by atoms with Crippen molar-refractivity contribution >= 4 is 0 Å². The second kappa shape index (κ2) is 3.46. The molecule has 0 aromatic carbocycles. The van der Waals surface area contributed by atoms with E-state index >= 15 is 0 Å². The van der Waals surface area contributed by atoms with E-state index in [1.165, 1.54) is 12.8 Å². The van der Waals surface area contributed by atoms with Crippen LogP contribution in [-0.4, -0.2) is 16.2 Å². The molecule has 4 nitrogen and oxygen atoms in total. The minimum Gasteiger partial charge on any atom is -0.339 e. The fourth-order valence-corrected chi connectivity index (χ4v) is 1.23. The average molecular weight is 181 g/mol. The molecule has 1 fully saturated rings. The van der Waals surface area contributed by atoms with Gasteiger partial charge in [-0.25, -0.2) is 0 Å². The summed E-state index contributed by atoms with van der Waals surface area (Å²) >= 11 is 0. The third-order valence-electron chi connectivity index (χ3n) is 2.24. The van der Waals surface area contributed by atoms with Gasteiger partial charge in [-0.05, 0) is 26.2 Å². The molecule has 2 N–H and O–H groups in total. The molecule has 72 valence electrons. The van der Waals surface area contributed by atoms with E-state index in [9.17, 15) is 0 Å². The molecule has 0 saturated heterocycles. The second-order valence-electron chi connectivity index (χ2n) is 3.84. The molecule has 0 amide bonds. The Kier molecular flexibility index (Phi) is 2.31. The normalized spacial score (nSPS) is 18.9. The molecular formula is C9H15N3O. The van der Waals surface area contributed by atoms with Crippen LogP contribution < -0.4 is 5.73 Å². The zero-order valence-corrected chi connectivity index (χ0v) is 7.86. The Morgan fingerprint density at radius 1 is 1.62 bits per heavy atom. The molecule has 0 bridgehead atoms. The zero-order valence-electron chi connectivity index (χ0n) is 7.86. The summed E-state index contributed by atoms with van der Waals surface area (Å²) in [6, 6.07) is 0.205. The van der Waals surface area contributed by atoms with Crippen LogP contribution in [0.4, 0.5) is 0 Å². The lowest BCUT2D eigenvalue weighted by molar-refractivity contribution is 0.367. The minimum absolute atomic E-state index is 0.205.